The summed E-state index contributed by atoms with van der Waals surface area (Å²) in [4.78, 5) is 16.4. The first-order valence-electron chi connectivity index (χ1n) is 8.74. The van der Waals surface area contributed by atoms with Gasteiger partial charge in [-0.1, -0.05) is 6.42 Å². The van der Waals surface area contributed by atoms with Crippen molar-refractivity contribution in [2.75, 3.05) is 18.4 Å². The van der Waals surface area contributed by atoms with Crippen molar-refractivity contribution >= 4 is 32.7 Å². The van der Waals surface area contributed by atoms with Crippen molar-refractivity contribution in [3.63, 3.8) is 0 Å². The van der Waals surface area contributed by atoms with E-state index in [-0.39, 0.29) is 16.3 Å². The van der Waals surface area contributed by atoms with Crippen LogP contribution in [0, 0.1) is 24.0 Å². The summed E-state index contributed by atoms with van der Waals surface area (Å²) in [6, 6.07) is 4.03. The third-order valence-corrected chi connectivity index (χ3v) is 7.59. The van der Waals surface area contributed by atoms with Crippen LogP contribution < -0.4 is 5.32 Å². The van der Waals surface area contributed by atoms with Gasteiger partial charge < -0.3 is 5.32 Å². The Morgan fingerprint density at radius 2 is 1.96 bits per heavy atom. The standard InChI is InChI=1S/C17H22N4O4S2/c1-12-13(2)26-17(19-12)11-18-15-7-6-14(10-16(15)21(22)23)27(24,25)20-8-4-3-5-9-20/h6-7,10,18H,3-5,8-9,11H2,1-2H3. The van der Waals surface area contributed by atoms with Crippen LogP contribution in [0.3, 0.4) is 0 Å². The Bertz CT molecular complexity index is 930. The maximum absolute atomic E-state index is 12.8. The summed E-state index contributed by atoms with van der Waals surface area (Å²) < 4.78 is 26.9. The maximum atomic E-state index is 12.8. The molecule has 1 aliphatic heterocycles. The zero-order valence-electron chi connectivity index (χ0n) is 15.3. The van der Waals surface area contributed by atoms with Crippen molar-refractivity contribution in [3.8, 4) is 0 Å². The van der Waals surface area contributed by atoms with Gasteiger partial charge in [0.15, 0.2) is 0 Å². The number of benzene rings is 1. The van der Waals surface area contributed by atoms with Gasteiger partial charge in [-0.15, -0.1) is 11.3 Å². The highest BCUT2D eigenvalue weighted by Crippen LogP contribution is 2.30. The van der Waals surface area contributed by atoms with Crippen LogP contribution in [-0.2, 0) is 16.6 Å². The molecule has 0 saturated carbocycles. The molecule has 1 aliphatic rings. The van der Waals surface area contributed by atoms with Crippen molar-refractivity contribution < 1.29 is 13.3 Å². The second-order valence-electron chi connectivity index (χ2n) is 6.50. The second-order valence-corrected chi connectivity index (χ2v) is 9.73. The number of nitro benzene ring substituents is 1. The number of piperidine rings is 1. The van der Waals surface area contributed by atoms with Crippen molar-refractivity contribution in [3.05, 3.63) is 43.9 Å². The molecule has 27 heavy (non-hydrogen) atoms. The Hall–Kier alpha value is -2.04. The number of nitro groups is 1. The lowest BCUT2D eigenvalue weighted by Gasteiger charge is -2.25. The first-order chi connectivity index (χ1) is 12.8. The summed E-state index contributed by atoms with van der Waals surface area (Å²) in [5, 5.41) is 15.3. The molecule has 1 N–H and O–H groups in total. The van der Waals surface area contributed by atoms with E-state index in [2.05, 4.69) is 10.3 Å². The van der Waals surface area contributed by atoms with Crippen LogP contribution in [-0.4, -0.2) is 35.7 Å². The first kappa shape index (κ1) is 19.7. The van der Waals surface area contributed by atoms with Crippen molar-refractivity contribution in [2.45, 2.75) is 44.6 Å². The number of nitrogens with zero attached hydrogens (tertiary/aromatic N) is 3. The zero-order chi connectivity index (χ0) is 19.6. The van der Waals surface area contributed by atoms with E-state index in [0.717, 1.165) is 40.9 Å². The fourth-order valence-electron chi connectivity index (χ4n) is 3.01. The van der Waals surface area contributed by atoms with Gasteiger partial charge in [0.25, 0.3) is 5.69 Å². The molecule has 0 spiro atoms. The molecule has 1 aromatic heterocycles. The fourth-order valence-corrected chi connectivity index (χ4v) is 5.42. The predicted octanol–water partition coefficient (Wildman–Crippen LogP) is 3.45. The summed E-state index contributed by atoms with van der Waals surface area (Å²) in [5.41, 5.74) is 0.968. The predicted molar refractivity (Wildman–Crippen MR) is 105 cm³/mol. The highest BCUT2D eigenvalue weighted by molar-refractivity contribution is 7.89. The summed E-state index contributed by atoms with van der Waals surface area (Å²) in [6.45, 7) is 5.15. The lowest BCUT2D eigenvalue weighted by Crippen LogP contribution is -2.35. The lowest BCUT2D eigenvalue weighted by atomic mass is 10.2. The van der Waals surface area contributed by atoms with Gasteiger partial charge in [0, 0.05) is 24.0 Å². The van der Waals surface area contributed by atoms with Crippen LogP contribution in [0.25, 0.3) is 0 Å². The maximum Gasteiger partial charge on any atom is 0.293 e. The van der Waals surface area contributed by atoms with Gasteiger partial charge >= 0.3 is 0 Å². The third-order valence-electron chi connectivity index (χ3n) is 4.62. The average Bonchev–Trinajstić information content (AvgIpc) is 2.98. The number of sulfonamides is 1. The lowest BCUT2D eigenvalue weighted by molar-refractivity contribution is -0.384. The largest absolute Gasteiger partial charge is 0.373 e. The van der Waals surface area contributed by atoms with Crippen LogP contribution in [0.5, 0.6) is 0 Å². The molecule has 8 nitrogen and oxygen atoms in total. The Balaban J connectivity index is 1.85. The minimum Gasteiger partial charge on any atom is -0.373 e. The van der Waals surface area contributed by atoms with Crippen LogP contribution in [0.2, 0.25) is 0 Å². The van der Waals surface area contributed by atoms with Gasteiger partial charge in [-0.25, -0.2) is 13.4 Å². The number of anilines is 1. The Morgan fingerprint density at radius 3 is 2.56 bits per heavy atom. The van der Waals surface area contributed by atoms with Crippen LogP contribution in [0.1, 0.15) is 34.8 Å². The highest BCUT2D eigenvalue weighted by Gasteiger charge is 2.28. The first-order valence-corrected chi connectivity index (χ1v) is 11.0. The second kappa shape index (κ2) is 7.91. The smallest absolute Gasteiger partial charge is 0.293 e. The Labute approximate surface area is 162 Å². The SMILES string of the molecule is Cc1nc(CNc2ccc(S(=O)(=O)N3CCCCC3)cc2[N+](=O)[O-])sc1C. The molecule has 0 unspecified atom stereocenters. The van der Waals surface area contributed by atoms with Gasteiger partial charge in [-0.05, 0) is 38.8 Å². The molecule has 10 heteroatoms. The minimum absolute atomic E-state index is 0.0393. The van der Waals surface area contributed by atoms with Crippen molar-refractivity contribution in [1.29, 1.82) is 0 Å². The number of hydrogen-bond acceptors (Lipinski definition) is 7. The summed E-state index contributed by atoms with van der Waals surface area (Å²) in [7, 11) is -3.71. The molecule has 0 radical (unpaired) electrons. The highest BCUT2D eigenvalue weighted by atomic mass is 32.2. The normalized spacial score (nSPS) is 15.6. The molecule has 3 rings (SSSR count). The third kappa shape index (κ3) is 4.28. The van der Waals surface area contributed by atoms with E-state index in [0.29, 0.717) is 19.6 Å². The van der Waals surface area contributed by atoms with E-state index in [1.165, 1.54) is 27.8 Å². The van der Waals surface area contributed by atoms with E-state index < -0.39 is 14.9 Å². The molecular formula is C17H22N4O4S2. The van der Waals surface area contributed by atoms with Crippen molar-refractivity contribution in [1.82, 2.24) is 9.29 Å². The Kier molecular flexibility index (Phi) is 5.78. The average molecular weight is 411 g/mol. The summed E-state index contributed by atoms with van der Waals surface area (Å²) >= 11 is 1.53. The molecular weight excluding hydrogens is 388 g/mol. The molecule has 2 heterocycles. The topological polar surface area (TPSA) is 105 Å². The van der Waals surface area contributed by atoms with E-state index >= 15 is 0 Å². The molecule has 1 saturated heterocycles. The zero-order valence-corrected chi connectivity index (χ0v) is 16.9. The molecule has 1 aromatic carbocycles. The number of aromatic nitrogens is 1. The van der Waals surface area contributed by atoms with Gasteiger partial charge in [0.05, 0.1) is 22.1 Å². The molecule has 2 aromatic rings. The van der Waals surface area contributed by atoms with E-state index in [4.69, 9.17) is 0 Å². The van der Waals surface area contributed by atoms with E-state index in [1.54, 1.807) is 0 Å². The van der Waals surface area contributed by atoms with Gasteiger partial charge in [0.1, 0.15) is 10.7 Å². The van der Waals surface area contributed by atoms with Gasteiger partial charge in [-0.3, -0.25) is 10.1 Å². The van der Waals surface area contributed by atoms with Crippen LogP contribution >= 0.6 is 11.3 Å². The molecule has 0 bridgehead atoms. The molecule has 0 atom stereocenters. The number of aryl methyl sites for hydroxylation is 2. The van der Waals surface area contributed by atoms with E-state index in [9.17, 15) is 18.5 Å². The van der Waals surface area contributed by atoms with Gasteiger partial charge in [-0.2, -0.15) is 4.31 Å². The van der Waals surface area contributed by atoms with E-state index in [1.807, 2.05) is 13.8 Å². The number of thiazole rings is 1. The quantitative estimate of drug-likeness (QED) is 0.577. The van der Waals surface area contributed by atoms with Crippen LogP contribution in [0.4, 0.5) is 11.4 Å². The van der Waals surface area contributed by atoms with Crippen LogP contribution in [0.15, 0.2) is 23.1 Å². The Morgan fingerprint density at radius 1 is 1.26 bits per heavy atom. The fraction of sp³-hybridized carbons (Fsp3) is 0.471. The number of nitrogens with one attached hydrogen (secondary N) is 1. The summed E-state index contributed by atoms with van der Waals surface area (Å²) in [6.07, 6.45) is 2.63. The molecule has 146 valence electrons. The number of hydrogen-bond donors (Lipinski definition) is 1. The molecule has 0 aliphatic carbocycles. The molecule has 0 amide bonds. The summed E-state index contributed by atoms with van der Waals surface area (Å²) in [5.74, 6) is 0. The van der Waals surface area contributed by atoms with Gasteiger partial charge in [0.2, 0.25) is 10.0 Å². The molecule has 1 fully saturated rings. The number of rotatable bonds is 6. The monoisotopic (exact) mass is 410 g/mol. The van der Waals surface area contributed by atoms with Crippen molar-refractivity contribution in [2.24, 2.45) is 0 Å². The minimum atomic E-state index is -3.71.